The molecule has 4 aromatic rings. The van der Waals surface area contributed by atoms with Crippen LogP contribution < -0.4 is 14.9 Å². The van der Waals surface area contributed by atoms with Crippen LogP contribution in [0.1, 0.15) is 32.5 Å². The van der Waals surface area contributed by atoms with Gasteiger partial charge in [-0.3, -0.25) is 4.79 Å². The fourth-order valence-corrected chi connectivity index (χ4v) is 4.51. The Morgan fingerprint density at radius 3 is 2.48 bits per heavy atom. The summed E-state index contributed by atoms with van der Waals surface area (Å²) in [5, 5.41) is 5.19. The molecule has 0 aliphatic heterocycles. The largest absolute Gasteiger partial charge is 0.493 e. The molecule has 0 bridgehead atoms. The molecule has 8 heteroatoms. The van der Waals surface area contributed by atoms with E-state index in [0.717, 1.165) is 10.1 Å². The van der Waals surface area contributed by atoms with Crippen LogP contribution in [-0.2, 0) is 0 Å². The number of fused-ring (bicyclic) bond motifs is 1. The summed E-state index contributed by atoms with van der Waals surface area (Å²) in [6.07, 6.45) is 1.41. The number of halogens is 1. The molecule has 0 spiro atoms. The smallest absolute Gasteiger partial charge is 0.355 e. The van der Waals surface area contributed by atoms with E-state index in [0.29, 0.717) is 39.1 Å². The molecule has 1 amide bonds. The van der Waals surface area contributed by atoms with Crippen molar-refractivity contribution in [2.75, 3.05) is 6.61 Å². The summed E-state index contributed by atoms with van der Waals surface area (Å²) in [5.74, 6) is -0.204. The molecule has 4 rings (SSSR count). The number of rotatable bonds is 7. The number of nitrogens with zero attached hydrogens (tertiary/aromatic N) is 1. The van der Waals surface area contributed by atoms with Crippen molar-refractivity contribution in [2.24, 2.45) is 5.10 Å². The fourth-order valence-electron chi connectivity index (χ4n) is 3.13. The molecule has 0 atom stereocenters. The zero-order valence-electron chi connectivity index (χ0n) is 17.6. The van der Waals surface area contributed by atoms with Crippen LogP contribution in [0.2, 0.25) is 5.02 Å². The van der Waals surface area contributed by atoms with Crippen LogP contribution in [0, 0.1) is 0 Å². The van der Waals surface area contributed by atoms with Crippen LogP contribution in [-0.4, -0.2) is 24.7 Å². The van der Waals surface area contributed by atoms with Crippen LogP contribution in [0.15, 0.2) is 77.9 Å². The predicted molar refractivity (Wildman–Crippen MR) is 131 cm³/mol. The van der Waals surface area contributed by atoms with Crippen molar-refractivity contribution in [2.45, 2.75) is 6.92 Å². The summed E-state index contributed by atoms with van der Waals surface area (Å²) in [6, 6.07) is 21.3. The highest BCUT2D eigenvalue weighted by Crippen LogP contribution is 2.36. The lowest BCUT2D eigenvalue weighted by atomic mass is 10.2. The molecule has 0 radical (unpaired) electrons. The molecule has 1 aromatic heterocycles. The molecule has 1 heterocycles. The number of carbonyl (C=O) groups excluding carboxylic acids is 2. The number of esters is 1. The fraction of sp³-hybridized carbons (Fsp3) is 0.0800. The van der Waals surface area contributed by atoms with Gasteiger partial charge in [0.25, 0.3) is 5.91 Å². The summed E-state index contributed by atoms with van der Waals surface area (Å²) in [6.45, 7) is 2.28. The van der Waals surface area contributed by atoms with Gasteiger partial charge in [-0.15, -0.1) is 11.3 Å². The lowest BCUT2D eigenvalue weighted by Gasteiger charge is -2.08. The van der Waals surface area contributed by atoms with Gasteiger partial charge in [0.15, 0.2) is 0 Å². The van der Waals surface area contributed by atoms with Crippen molar-refractivity contribution in [3.05, 3.63) is 93.8 Å². The lowest BCUT2D eigenvalue weighted by Crippen LogP contribution is -2.18. The number of para-hydroxylation sites is 2. The Morgan fingerprint density at radius 2 is 1.70 bits per heavy atom. The van der Waals surface area contributed by atoms with E-state index in [4.69, 9.17) is 21.1 Å². The van der Waals surface area contributed by atoms with E-state index in [1.54, 1.807) is 48.5 Å². The van der Waals surface area contributed by atoms with E-state index in [1.165, 1.54) is 17.6 Å². The molecule has 6 nitrogen and oxygen atoms in total. The summed E-state index contributed by atoms with van der Waals surface area (Å²) >= 11 is 7.67. The minimum absolute atomic E-state index is 0.295. The van der Waals surface area contributed by atoms with Crippen molar-refractivity contribution in [3.8, 4) is 11.5 Å². The van der Waals surface area contributed by atoms with Crippen molar-refractivity contribution in [1.29, 1.82) is 0 Å². The quantitative estimate of drug-likeness (QED) is 0.154. The van der Waals surface area contributed by atoms with Gasteiger partial charge >= 0.3 is 5.97 Å². The number of nitrogens with one attached hydrogen (secondary N) is 1. The molecular weight excluding hydrogens is 460 g/mol. The maximum Gasteiger partial charge on any atom is 0.355 e. The number of hydrogen-bond donors (Lipinski definition) is 1. The van der Waals surface area contributed by atoms with Gasteiger partial charge < -0.3 is 9.47 Å². The first kappa shape index (κ1) is 22.5. The summed E-state index contributed by atoms with van der Waals surface area (Å²) < 4.78 is 12.0. The van der Waals surface area contributed by atoms with Gasteiger partial charge in [0, 0.05) is 15.6 Å². The van der Waals surface area contributed by atoms with Gasteiger partial charge in [0.2, 0.25) is 0 Å². The van der Waals surface area contributed by atoms with Crippen LogP contribution in [0.5, 0.6) is 11.5 Å². The van der Waals surface area contributed by atoms with Crippen molar-refractivity contribution in [3.63, 3.8) is 0 Å². The Labute approximate surface area is 199 Å². The van der Waals surface area contributed by atoms with E-state index < -0.39 is 11.9 Å². The minimum Gasteiger partial charge on any atom is -0.493 e. The molecular formula is C25H19ClN2O4S. The molecule has 1 N–H and O–H groups in total. The molecule has 166 valence electrons. The van der Waals surface area contributed by atoms with Crippen LogP contribution in [0.4, 0.5) is 0 Å². The third kappa shape index (κ3) is 5.05. The molecule has 0 saturated carbocycles. The molecule has 0 aliphatic carbocycles. The van der Waals surface area contributed by atoms with E-state index in [2.05, 4.69) is 10.5 Å². The minimum atomic E-state index is -0.559. The second-order valence-electron chi connectivity index (χ2n) is 6.80. The summed E-state index contributed by atoms with van der Waals surface area (Å²) in [4.78, 5) is 25.6. The average Bonchev–Trinajstić information content (AvgIpc) is 3.17. The Balaban J connectivity index is 1.49. The third-order valence-electron chi connectivity index (χ3n) is 4.64. The van der Waals surface area contributed by atoms with Crippen molar-refractivity contribution < 1.29 is 19.1 Å². The highest BCUT2D eigenvalue weighted by atomic mass is 35.5. The van der Waals surface area contributed by atoms with E-state index in [1.807, 2.05) is 31.2 Å². The second kappa shape index (κ2) is 10.3. The standard InChI is InChI=1S/C25H19ClN2O4S/c1-2-31-20-13-7-4-10-17(20)24(29)28-27-15-16-9-3-6-12-19(16)32-25(30)23-22(26)18-11-5-8-14-21(18)33-23/h3-15H,2H2,1H3,(H,28,29)/b27-15+. The van der Waals surface area contributed by atoms with Crippen LogP contribution in [0.3, 0.4) is 0 Å². The van der Waals surface area contributed by atoms with Gasteiger partial charge in [-0.2, -0.15) is 5.10 Å². The average molecular weight is 479 g/mol. The van der Waals surface area contributed by atoms with Crippen LogP contribution >= 0.6 is 22.9 Å². The highest BCUT2D eigenvalue weighted by molar-refractivity contribution is 7.21. The normalized spacial score (nSPS) is 11.0. The van der Waals surface area contributed by atoms with E-state index in [-0.39, 0.29) is 0 Å². The molecule has 3 aromatic carbocycles. The van der Waals surface area contributed by atoms with Gasteiger partial charge in [-0.25, -0.2) is 10.2 Å². The number of thiophene rings is 1. The first-order chi connectivity index (χ1) is 16.1. The van der Waals surface area contributed by atoms with Gasteiger partial charge in [-0.1, -0.05) is 54.1 Å². The third-order valence-corrected chi connectivity index (χ3v) is 6.30. The lowest BCUT2D eigenvalue weighted by molar-refractivity contribution is 0.0739. The zero-order valence-corrected chi connectivity index (χ0v) is 19.2. The molecule has 0 saturated heterocycles. The number of amides is 1. The second-order valence-corrected chi connectivity index (χ2v) is 8.23. The number of hydrazone groups is 1. The number of carbonyl (C=O) groups is 2. The number of benzene rings is 3. The SMILES string of the molecule is CCOc1ccccc1C(=O)N/N=C/c1ccccc1OC(=O)c1sc2ccccc2c1Cl. The molecule has 0 aliphatic rings. The van der Waals surface area contributed by atoms with Gasteiger partial charge in [-0.05, 0) is 37.3 Å². The first-order valence-corrected chi connectivity index (χ1v) is 11.3. The predicted octanol–water partition coefficient (Wildman–Crippen LogP) is 5.94. The number of hydrogen-bond acceptors (Lipinski definition) is 6. The van der Waals surface area contributed by atoms with Crippen LogP contribution in [0.25, 0.3) is 10.1 Å². The van der Waals surface area contributed by atoms with Crippen molar-refractivity contribution in [1.82, 2.24) is 5.43 Å². The Hall–Kier alpha value is -3.68. The topological polar surface area (TPSA) is 77.0 Å². The molecule has 33 heavy (non-hydrogen) atoms. The Morgan fingerprint density at radius 1 is 1.00 bits per heavy atom. The zero-order chi connectivity index (χ0) is 23.2. The van der Waals surface area contributed by atoms with Crippen molar-refractivity contribution >= 4 is 51.1 Å². The monoisotopic (exact) mass is 478 g/mol. The molecule has 0 unspecified atom stereocenters. The van der Waals surface area contributed by atoms with Gasteiger partial charge in [0.05, 0.1) is 23.4 Å². The first-order valence-electron chi connectivity index (χ1n) is 10.1. The highest BCUT2D eigenvalue weighted by Gasteiger charge is 2.20. The Bertz CT molecular complexity index is 1350. The van der Waals surface area contributed by atoms with Gasteiger partial charge in [0.1, 0.15) is 16.4 Å². The summed E-state index contributed by atoms with van der Waals surface area (Å²) in [5.41, 5.74) is 3.36. The van der Waals surface area contributed by atoms with E-state index >= 15 is 0 Å². The molecule has 0 fully saturated rings. The maximum absolute atomic E-state index is 12.8. The Kier molecular flexibility index (Phi) is 7.02. The maximum atomic E-state index is 12.8. The van der Waals surface area contributed by atoms with E-state index in [9.17, 15) is 9.59 Å². The summed E-state index contributed by atoms with van der Waals surface area (Å²) in [7, 11) is 0. The number of ether oxygens (including phenoxy) is 2.